The van der Waals surface area contributed by atoms with Crippen molar-refractivity contribution in [2.75, 3.05) is 24.6 Å². The van der Waals surface area contributed by atoms with Crippen molar-refractivity contribution in [3.63, 3.8) is 0 Å². The van der Waals surface area contributed by atoms with Crippen LogP contribution in [-0.2, 0) is 11.8 Å². The van der Waals surface area contributed by atoms with Crippen LogP contribution in [0.3, 0.4) is 0 Å². The lowest BCUT2D eigenvalue weighted by molar-refractivity contribution is 0.0395. The SMILES string of the molecule is Cc1nccn1-c1cccc(N2CCOC(c3cnn(C)c3)C2)n1. The van der Waals surface area contributed by atoms with Gasteiger partial charge in [0.05, 0.1) is 12.8 Å². The Morgan fingerprint density at radius 2 is 2.12 bits per heavy atom. The van der Waals surface area contributed by atoms with Crippen LogP contribution in [0.2, 0.25) is 0 Å². The van der Waals surface area contributed by atoms with Gasteiger partial charge in [-0.05, 0) is 19.1 Å². The number of anilines is 1. The van der Waals surface area contributed by atoms with E-state index in [0.717, 1.165) is 36.1 Å². The highest BCUT2D eigenvalue weighted by Crippen LogP contribution is 2.25. The van der Waals surface area contributed by atoms with E-state index in [4.69, 9.17) is 9.72 Å². The summed E-state index contributed by atoms with van der Waals surface area (Å²) in [4.78, 5) is 11.3. The van der Waals surface area contributed by atoms with Crippen LogP contribution in [0.25, 0.3) is 5.82 Å². The van der Waals surface area contributed by atoms with E-state index in [1.54, 1.807) is 10.9 Å². The summed E-state index contributed by atoms with van der Waals surface area (Å²) in [7, 11) is 1.92. The zero-order valence-corrected chi connectivity index (χ0v) is 13.8. The van der Waals surface area contributed by atoms with E-state index in [-0.39, 0.29) is 6.10 Å². The Labute approximate surface area is 140 Å². The average Bonchev–Trinajstić information content (AvgIpc) is 3.23. The quantitative estimate of drug-likeness (QED) is 0.736. The molecule has 4 rings (SSSR count). The van der Waals surface area contributed by atoms with Crippen molar-refractivity contribution in [2.45, 2.75) is 13.0 Å². The van der Waals surface area contributed by atoms with Crippen LogP contribution in [-0.4, -0.2) is 44.0 Å². The minimum atomic E-state index is 0.0212. The van der Waals surface area contributed by atoms with Crippen LogP contribution in [0.4, 0.5) is 5.82 Å². The Morgan fingerprint density at radius 3 is 2.88 bits per heavy atom. The number of morpholine rings is 1. The molecule has 24 heavy (non-hydrogen) atoms. The molecule has 1 aliphatic rings. The van der Waals surface area contributed by atoms with Crippen molar-refractivity contribution in [2.24, 2.45) is 7.05 Å². The third-order valence-electron chi connectivity index (χ3n) is 4.28. The fourth-order valence-corrected chi connectivity index (χ4v) is 3.01. The van der Waals surface area contributed by atoms with Crippen molar-refractivity contribution in [1.82, 2.24) is 24.3 Å². The van der Waals surface area contributed by atoms with Gasteiger partial charge in [0, 0.05) is 44.3 Å². The molecule has 1 fully saturated rings. The largest absolute Gasteiger partial charge is 0.370 e. The predicted octanol–water partition coefficient (Wildman–Crippen LogP) is 1.89. The summed E-state index contributed by atoms with van der Waals surface area (Å²) in [6.07, 6.45) is 7.61. The second-order valence-electron chi connectivity index (χ2n) is 5.95. The summed E-state index contributed by atoms with van der Waals surface area (Å²) in [6.45, 7) is 4.25. The monoisotopic (exact) mass is 324 g/mol. The predicted molar refractivity (Wildman–Crippen MR) is 90.2 cm³/mol. The van der Waals surface area contributed by atoms with Crippen LogP contribution >= 0.6 is 0 Å². The molecule has 7 nitrogen and oxygen atoms in total. The van der Waals surface area contributed by atoms with Crippen molar-refractivity contribution in [1.29, 1.82) is 0 Å². The maximum absolute atomic E-state index is 5.91. The number of hydrogen-bond donors (Lipinski definition) is 0. The van der Waals surface area contributed by atoms with Crippen molar-refractivity contribution in [3.05, 3.63) is 54.4 Å². The van der Waals surface area contributed by atoms with E-state index >= 15 is 0 Å². The van der Waals surface area contributed by atoms with Crippen molar-refractivity contribution in [3.8, 4) is 5.82 Å². The van der Waals surface area contributed by atoms with E-state index in [2.05, 4.69) is 15.0 Å². The number of hydrogen-bond acceptors (Lipinski definition) is 5. The van der Waals surface area contributed by atoms with Gasteiger partial charge >= 0.3 is 0 Å². The van der Waals surface area contributed by atoms with Gasteiger partial charge in [0.1, 0.15) is 23.6 Å². The highest BCUT2D eigenvalue weighted by molar-refractivity contribution is 5.44. The molecule has 0 saturated carbocycles. The molecule has 0 amide bonds. The van der Waals surface area contributed by atoms with Gasteiger partial charge in [0.15, 0.2) is 0 Å². The molecule has 0 radical (unpaired) electrons. The standard InChI is InChI=1S/C17H20N6O/c1-13-18-6-7-23(13)17-5-3-4-16(20-17)22-8-9-24-15(12-22)14-10-19-21(2)11-14/h3-7,10-11,15H,8-9,12H2,1-2H3. The number of imidazole rings is 1. The van der Waals surface area contributed by atoms with Gasteiger partial charge in [-0.2, -0.15) is 5.10 Å². The Balaban J connectivity index is 1.58. The summed E-state index contributed by atoms with van der Waals surface area (Å²) in [5.74, 6) is 2.76. The first kappa shape index (κ1) is 14.9. The zero-order chi connectivity index (χ0) is 16.5. The topological polar surface area (TPSA) is 61.0 Å². The number of aromatic nitrogens is 5. The van der Waals surface area contributed by atoms with Gasteiger partial charge in [-0.15, -0.1) is 0 Å². The average molecular weight is 324 g/mol. The van der Waals surface area contributed by atoms with Crippen molar-refractivity contribution >= 4 is 5.82 Å². The van der Waals surface area contributed by atoms with Crippen molar-refractivity contribution < 1.29 is 4.74 Å². The lowest BCUT2D eigenvalue weighted by atomic mass is 10.1. The lowest BCUT2D eigenvalue weighted by Crippen LogP contribution is -2.38. The Morgan fingerprint density at radius 1 is 1.25 bits per heavy atom. The minimum Gasteiger partial charge on any atom is -0.370 e. The van der Waals surface area contributed by atoms with E-state index in [0.29, 0.717) is 6.61 Å². The number of rotatable bonds is 3. The number of nitrogens with zero attached hydrogens (tertiary/aromatic N) is 6. The molecule has 4 heterocycles. The second kappa shape index (κ2) is 6.09. The number of aryl methyl sites for hydroxylation is 2. The summed E-state index contributed by atoms with van der Waals surface area (Å²) in [6, 6.07) is 6.07. The van der Waals surface area contributed by atoms with Gasteiger partial charge in [-0.25, -0.2) is 9.97 Å². The van der Waals surface area contributed by atoms with E-state index in [1.807, 2.05) is 55.3 Å². The molecule has 7 heteroatoms. The van der Waals surface area contributed by atoms with Crippen LogP contribution < -0.4 is 4.90 Å². The molecule has 124 valence electrons. The van der Waals surface area contributed by atoms with E-state index < -0.39 is 0 Å². The molecule has 1 saturated heterocycles. The van der Waals surface area contributed by atoms with E-state index in [9.17, 15) is 0 Å². The van der Waals surface area contributed by atoms with Crippen LogP contribution in [0.5, 0.6) is 0 Å². The molecule has 3 aromatic heterocycles. The highest BCUT2D eigenvalue weighted by atomic mass is 16.5. The van der Waals surface area contributed by atoms with Gasteiger partial charge in [0.25, 0.3) is 0 Å². The molecule has 0 N–H and O–H groups in total. The maximum atomic E-state index is 5.91. The zero-order valence-electron chi connectivity index (χ0n) is 13.8. The van der Waals surface area contributed by atoms with Crippen LogP contribution in [0.15, 0.2) is 43.0 Å². The first-order chi connectivity index (χ1) is 11.7. The molecule has 1 aliphatic heterocycles. The third kappa shape index (κ3) is 2.78. The van der Waals surface area contributed by atoms with Gasteiger partial charge in [0.2, 0.25) is 0 Å². The summed E-state index contributed by atoms with van der Waals surface area (Å²) in [5.41, 5.74) is 1.10. The summed E-state index contributed by atoms with van der Waals surface area (Å²) < 4.78 is 9.71. The first-order valence-electron chi connectivity index (χ1n) is 8.03. The van der Waals surface area contributed by atoms with Gasteiger partial charge in [-0.3, -0.25) is 9.25 Å². The minimum absolute atomic E-state index is 0.0212. The molecular weight excluding hydrogens is 304 g/mol. The van der Waals surface area contributed by atoms with Crippen LogP contribution in [0.1, 0.15) is 17.5 Å². The molecular formula is C17H20N6O. The van der Waals surface area contributed by atoms with Gasteiger partial charge in [-0.1, -0.05) is 6.07 Å². The lowest BCUT2D eigenvalue weighted by Gasteiger charge is -2.33. The Kier molecular flexibility index (Phi) is 3.78. The Bertz CT molecular complexity index is 839. The van der Waals surface area contributed by atoms with Crippen LogP contribution in [0, 0.1) is 6.92 Å². The highest BCUT2D eigenvalue weighted by Gasteiger charge is 2.24. The second-order valence-corrected chi connectivity index (χ2v) is 5.95. The van der Waals surface area contributed by atoms with E-state index in [1.165, 1.54) is 0 Å². The molecule has 0 spiro atoms. The fourth-order valence-electron chi connectivity index (χ4n) is 3.01. The molecule has 0 aromatic carbocycles. The number of ether oxygens (including phenoxy) is 1. The first-order valence-corrected chi connectivity index (χ1v) is 8.03. The fraction of sp³-hybridized carbons (Fsp3) is 0.353. The maximum Gasteiger partial charge on any atom is 0.140 e. The summed E-state index contributed by atoms with van der Waals surface area (Å²) in [5, 5.41) is 4.24. The smallest absolute Gasteiger partial charge is 0.140 e. The van der Waals surface area contributed by atoms with Gasteiger partial charge < -0.3 is 9.64 Å². The molecule has 3 aromatic rings. The normalized spacial score (nSPS) is 18.1. The molecule has 0 aliphatic carbocycles. The summed E-state index contributed by atoms with van der Waals surface area (Å²) >= 11 is 0. The molecule has 0 bridgehead atoms. The molecule has 1 unspecified atom stereocenters. The molecule has 1 atom stereocenters. The third-order valence-corrected chi connectivity index (χ3v) is 4.28. The Hall–Kier alpha value is -2.67. The number of pyridine rings is 1.